The number of phenols is 1. The van der Waals surface area contributed by atoms with Crippen LogP contribution in [-0.2, 0) is 11.3 Å². The lowest BCUT2D eigenvalue weighted by atomic mass is 10.2. The molecule has 3 N–H and O–H groups in total. The van der Waals surface area contributed by atoms with Crippen LogP contribution in [0.4, 0.5) is 5.69 Å². The number of nitrogens with zero attached hydrogens (tertiary/aromatic N) is 1. The summed E-state index contributed by atoms with van der Waals surface area (Å²) in [6.07, 6.45) is 1.36. The largest absolute Gasteiger partial charge is 0.508 e. The Balaban J connectivity index is 1.95. The van der Waals surface area contributed by atoms with Crippen LogP contribution in [0, 0.1) is 11.3 Å². The molecule has 0 atom stereocenters. The van der Waals surface area contributed by atoms with Crippen LogP contribution in [0.25, 0.3) is 0 Å². The molecule has 2 rings (SSSR count). The smallest absolute Gasteiger partial charge is 0.267 e. The summed E-state index contributed by atoms with van der Waals surface area (Å²) in [5.41, 5.74) is 1.33. The Labute approximate surface area is 140 Å². The van der Waals surface area contributed by atoms with Crippen LogP contribution in [0.15, 0.2) is 60.3 Å². The lowest BCUT2D eigenvalue weighted by molar-refractivity contribution is -0.112. The van der Waals surface area contributed by atoms with Crippen molar-refractivity contribution in [2.24, 2.45) is 0 Å². The second-order valence-electron chi connectivity index (χ2n) is 4.90. The van der Waals surface area contributed by atoms with Crippen LogP contribution in [0.3, 0.4) is 0 Å². The number of hydrogen-bond acceptors (Lipinski definition) is 5. The summed E-state index contributed by atoms with van der Waals surface area (Å²) in [5, 5.41) is 24.0. The highest BCUT2D eigenvalue weighted by Gasteiger charge is 2.09. The molecule has 0 saturated carbocycles. The number of methoxy groups -OCH3 is 1. The third-order valence-electron chi connectivity index (χ3n) is 3.18. The first-order chi connectivity index (χ1) is 11.6. The molecule has 0 unspecified atom stereocenters. The fraction of sp³-hybridized carbons (Fsp3) is 0.111. The first-order valence-electron chi connectivity index (χ1n) is 7.19. The predicted octanol–water partition coefficient (Wildman–Crippen LogP) is 2.54. The third-order valence-corrected chi connectivity index (χ3v) is 3.18. The first-order valence-corrected chi connectivity index (χ1v) is 7.19. The molecule has 2 aromatic carbocycles. The zero-order valence-electron chi connectivity index (χ0n) is 13.1. The van der Waals surface area contributed by atoms with E-state index in [1.807, 2.05) is 30.3 Å². The van der Waals surface area contributed by atoms with Crippen LogP contribution in [-0.4, -0.2) is 18.1 Å². The van der Waals surface area contributed by atoms with Crippen LogP contribution in [0.1, 0.15) is 5.56 Å². The number of aromatic hydroxyl groups is 1. The molecule has 2 aromatic rings. The van der Waals surface area contributed by atoms with Crippen LogP contribution in [0.2, 0.25) is 0 Å². The topological polar surface area (TPSA) is 94.4 Å². The van der Waals surface area contributed by atoms with Crippen LogP contribution in [0.5, 0.6) is 11.5 Å². The van der Waals surface area contributed by atoms with E-state index in [1.165, 1.54) is 18.3 Å². The van der Waals surface area contributed by atoms with Gasteiger partial charge < -0.3 is 20.5 Å². The van der Waals surface area contributed by atoms with Gasteiger partial charge in [0.1, 0.15) is 23.1 Å². The molecule has 0 aliphatic carbocycles. The van der Waals surface area contributed by atoms with Crippen molar-refractivity contribution >= 4 is 11.6 Å². The predicted molar refractivity (Wildman–Crippen MR) is 90.3 cm³/mol. The number of benzene rings is 2. The van der Waals surface area contributed by atoms with Gasteiger partial charge in [0.25, 0.3) is 5.91 Å². The normalized spacial score (nSPS) is 10.6. The van der Waals surface area contributed by atoms with E-state index in [2.05, 4.69) is 10.6 Å². The molecule has 0 bridgehead atoms. The van der Waals surface area contributed by atoms with Gasteiger partial charge in [-0.2, -0.15) is 5.26 Å². The Hall–Kier alpha value is -3.46. The molecule has 0 radical (unpaired) electrons. The number of hydrogen-bond donors (Lipinski definition) is 3. The highest BCUT2D eigenvalue weighted by atomic mass is 16.5. The molecule has 0 aromatic heterocycles. The second-order valence-corrected chi connectivity index (χ2v) is 4.90. The van der Waals surface area contributed by atoms with E-state index in [0.717, 1.165) is 11.3 Å². The Kier molecular flexibility index (Phi) is 5.81. The Morgan fingerprint density at radius 3 is 2.67 bits per heavy atom. The van der Waals surface area contributed by atoms with Gasteiger partial charge in [0, 0.05) is 24.5 Å². The maximum absolute atomic E-state index is 12.0. The first kappa shape index (κ1) is 16.9. The van der Waals surface area contributed by atoms with E-state index in [9.17, 15) is 9.90 Å². The molecular weight excluding hydrogens is 306 g/mol. The fourth-order valence-electron chi connectivity index (χ4n) is 1.95. The molecule has 0 aliphatic rings. The van der Waals surface area contributed by atoms with Gasteiger partial charge in [-0.3, -0.25) is 4.79 Å². The summed E-state index contributed by atoms with van der Waals surface area (Å²) in [4.78, 5) is 12.0. The van der Waals surface area contributed by atoms with Crippen LogP contribution < -0.4 is 15.4 Å². The maximum Gasteiger partial charge on any atom is 0.267 e. The van der Waals surface area contributed by atoms with Gasteiger partial charge in [-0.1, -0.05) is 18.2 Å². The van der Waals surface area contributed by atoms with Gasteiger partial charge in [-0.05, 0) is 29.8 Å². The molecule has 6 heteroatoms. The standard InChI is InChI=1S/C18H17N3O3/c1-24-17-7-5-13(6-8-17)11-20-12-14(10-19)18(23)21-15-3-2-4-16(22)9-15/h2-9,12,20,22H,11H2,1H3,(H,21,23)/b14-12-. The highest BCUT2D eigenvalue weighted by Crippen LogP contribution is 2.16. The summed E-state index contributed by atoms with van der Waals surface area (Å²) < 4.78 is 5.08. The van der Waals surface area contributed by atoms with E-state index >= 15 is 0 Å². The van der Waals surface area contributed by atoms with Crippen molar-refractivity contribution < 1.29 is 14.6 Å². The van der Waals surface area contributed by atoms with Crippen molar-refractivity contribution in [3.63, 3.8) is 0 Å². The van der Waals surface area contributed by atoms with Gasteiger partial charge in [0.05, 0.1) is 7.11 Å². The summed E-state index contributed by atoms with van der Waals surface area (Å²) in [7, 11) is 1.60. The quantitative estimate of drug-likeness (QED) is 0.561. The summed E-state index contributed by atoms with van der Waals surface area (Å²) in [6.45, 7) is 0.467. The number of amides is 1. The monoisotopic (exact) mass is 323 g/mol. The number of rotatable bonds is 6. The molecule has 122 valence electrons. The van der Waals surface area contributed by atoms with E-state index in [4.69, 9.17) is 10.00 Å². The summed E-state index contributed by atoms with van der Waals surface area (Å²) in [5.74, 6) is 0.246. The Morgan fingerprint density at radius 1 is 1.29 bits per heavy atom. The minimum Gasteiger partial charge on any atom is -0.508 e. The molecule has 6 nitrogen and oxygen atoms in total. The molecular formula is C18H17N3O3. The lowest BCUT2D eigenvalue weighted by Gasteiger charge is -2.06. The second kappa shape index (κ2) is 8.25. The highest BCUT2D eigenvalue weighted by molar-refractivity contribution is 6.06. The van der Waals surface area contributed by atoms with Crippen molar-refractivity contribution in [2.75, 3.05) is 12.4 Å². The third kappa shape index (κ3) is 4.78. The van der Waals surface area contributed by atoms with Crippen molar-refractivity contribution in [3.8, 4) is 17.6 Å². The molecule has 0 aliphatic heterocycles. The van der Waals surface area contributed by atoms with Crippen molar-refractivity contribution in [1.29, 1.82) is 5.26 Å². The number of carbonyl (C=O) groups is 1. The average molecular weight is 323 g/mol. The fourth-order valence-corrected chi connectivity index (χ4v) is 1.95. The zero-order chi connectivity index (χ0) is 17.4. The maximum atomic E-state index is 12.0. The Morgan fingerprint density at radius 2 is 2.04 bits per heavy atom. The van der Waals surface area contributed by atoms with E-state index in [1.54, 1.807) is 19.2 Å². The number of ether oxygens (including phenoxy) is 1. The molecule has 1 amide bonds. The molecule has 0 spiro atoms. The van der Waals surface area contributed by atoms with Gasteiger partial charge in [0.2, 0.25) is 0 Å². The van der Waals surface area contributed by atoms with Gasteiger partial charge >= 0.3 is 0 Å². The minimum absolute atomic E-state index is 0.0351. The van der Waals surface area contributed by atoms with Gasteiger partial charge in [0.15, 0.2) is 0 Å². The zero-order valence-corrected chi connectivity index (χ0v) is 13.1. The lowest BCUT2D eigenvalue weighted by Crippen LogP contribution is -2.16. The van der Waals surface area contributed by atoms with Crippen molar-refractivity contribution in [2.45, 2.75) is 6.54 Å². The molecule has 0 heterocycles. The summed E-state index contributed by atoms with van der Waals surface area (Å²) >= 11 is 0. The van der Waals surface area contributed by atoms with Gasteiger partial charge in [-0.25, -0.2) is 0 Å². The average Bonchev–Trinajstić information content (AvgIpc) is 2.59. The molecule has 0 saturated heterocycles. The van der Waals surface area contributed by atoms with E-state index in [-0.39, 0.29) is 11.3 Å². The number of nitrogens with one attached hydrogen (secondary N) is 2. The van der Waals surface area contributed by atoms with Crippen LogP contribution >= 0.6 is 0 Å². The SMILES string of the molecule is COc1ccc(CN/C=C(/C#N)C(=O)Nc2cccc(O)c2)cc1. The number of carbonyl (C=O) groups excluding carboxylic acids is 1. The number of phenolic OH excluding ortho intramolecular Hbond substituents is 1. The molecule has 0 fully saturated rings. The van der Waals surface area contributed by atoms with E-state index in [0.29, 0.717) is 12.2 Å². The number of anilines is 1. The van der Waals surface area contributed by atoms with Crippen molar-refractivity contribution in [1.82, 2.24) is 5.32 Å². The van der Waals surface area contributed by atoms with Gasteiger partial charge in [-0.15, -0.1) is 0 Å². The van der Waals surface area contributed by atoms with Crippen molar-refractivity contribution in [3.05, 3.63) is 65.9 Å². The molecule has 24 heavy (non-hydrogen) atoms. The number of nitriles is 1. The van der Waals surface area contributed by atoms with E-state index < -0.39 is 5.91 Å². The Bertz CT molecular complexity index is 777. The summed E-state index contributed by atoms with van der Waals surface area (Å²) in [6, 6.07) is 15.4. The minimum atomic E-state index is -0.551.